The van der Waals surface area contributed by atoms with Gasteiger partial charge in [-0.3, -0.25) is 4.98 Å². The van der Waals surface area contributed by atoms with Gasteiger partial charge in [0.05, 0.1) is 12.3 Å². The van der Waals surface area contributed by atoms with Gasteiger partial charge in [-0.25, -0.2) is 0 Å². The van der Waals surface area contributed by atoms with Crippen LogP contribution in [0, 0.1) is 0 Å². The molecule has 2 nitrogen and oxygen atoms in total. The smallest absolute Gasteiger partial charge is 0.0772 e. The Labute approximate surface area is 93.2 Å². The molecule has 1 aromatic heterocycles. The van der Waals surface area contributed by atoms with E-state index in [2.05, 4.69) is 4.98 Å². The van der Waals surface area contributed by atoms with Crippen LogP contribution in [0.3, 0.4) is 0 Å². The summed E-state index contributed by atoms with van der Waals surface area (Å²) in [5.74, 6) is 0. The van der Waals surface area contributed by atoms with Crippen molar-refractivity contribution in [3.8, 4) is 11.3 Å². The molecule has 0 saturated heterocycles. The molecule has 0 bridgehead atoms. The summed E-state index contributed by atoms with van der Waals surface area (Å²) in [6, 6.07) is 11.4. The van der Waals surface area contributed by atoms with Gasteiger partial charge < -0.3 is 5.11 Å². The highest BCUT2D eigenvalue weighted by Gasteiger charge is 2.08. The van der Waals surface area contributed by atoms with Crippen LogP contribution in [0.5, 0.6) is 0 Å². The molecule has 0 aliphatic heterocycles. The van der Waals surface area contributed by atoms with Gasteiger partial charge in [-0.2, -0.15) is 0 Å². The normalized spacial score (nSPS) is 10.3. The molecular formula is C12H10ClNO. The standard InChI is InChI=1S/C12H10ClNO/c13-11-6-7-14-12(10(11)8-15)9-4-2-1-3-5-9/h1-7,15H,8H2. The van der Waals surface area contributed by atoms with E-state index in [0.29, 0.717) is 10.6 Å². The predicted octanol–water partition coefficient (Wildman–Crippen LogP) is 2.89. The number of aliphatic hydroxyl groups excluding tert-OH is 1. The molecule has 3 heteroatoms. The van der Waals surface area contributed by atoms with Gasteiger partial charge in [-0.05, 0) is 6.07 Å². The van der Waals surface area contributed by atoms with E-state index in [1.165, 1.54) is 0 Å². The van der Waals surface area contributed by atoms with Crippen LogP contribution in [0.2, 0.25) is 5.02 Å². The first kappa shape index (κ1) is 10.1. The molecule has 0 radical (unpaired) electrons. The van der Waals surface area contributed by atoms with Crippen LogP contribution in [0.4, 0.5) is 0 Å². The zero-order chi connectivity index (χ0) is 10.7. The van der Waals surface area contributed by atoms with E-state index < -0.39 is 0 Å². The lowest BCUT2D eigenvalue weighted by Gasteiger charge is -2.07. The third kappa shape index (κ3) is 2.01. The lowest BCUT2D eigenvalue weighted by Crippen LogP contribution is -1.93. The number of hydrogen-bond acceptors (Lipinski definition) is 2. The Kier molecular flexibility index (Phi) is 2.99. The fourth-order valence-electron chi connectivity index (χ4n) is 1.46. The van der Waals surface area contributed by atoms with Crippen molar-refractivity contribution in [2.75, 3.05) is 0 Å². The number of hydrogen-bond donors (Lipinski definition) is 1. The van der Waals surface area contributed by atoms with E-state index in [-0.39, 0.29) is 6.61 Å². The average Bonchev–Trinajstić information content (AvgIpc) is 2.30. The van der Waals surface area contributed by atoms with Gasteiger partial charge in [0.1, 0.15) is 0 Å². The van der Waals surface area contributed by atoms with Crippen LogP contribution in [-0.4, -0.2) is 10.1 Å². The summed E-state index contributed by atoms with van der Waals surface area (Å²) in [7, 11) is 0. The molecule has 1 N–H and O–H groups in total. The maximum Gasteiger partial charge on any atom is 0.0772 e. The van der Waals surface area contributed by atoms with E-state index in [1.807, 2.05) is 30.3 Å². The Morgan fingerprint density at radius 1 is 1.13 bits per heavy atom. The van der Waals surface area contributed by atoms with Gasteiger partial charge in [-0.15, -0.1) is 0 Å². The summed E-state index contributed by atoms with van der Waals surface area (Å²) >= 11 is 5.98. The maximum absolute atomic E-state index is 9.24. The molecule has 0 amide bonds. The second kappa shape index (κ2) is 4.43. The monoisotopic (exact) mass is 219 g/mol. The van der Waals surface area contributed by atoms with Gasteiger partial charge in [0.15, 0.2) is 0 Å². The summed E-state index contributed by atoms with van der Waals surface area (Å²) < 4.78 is 0. The Morgan fingerprint density at radius 3 is 2.53 bits per heavy atom. The predicted molar refractivity (Wildman–Crippen MR) is 60.6 cm³/mol. The SMILES string of the molecule is OCc1c(Cl)ccnc1-c1ccccc1. The molecule has 76 valence electrons. The topological polar surface area (TPSA) is 33.1 Å². The van der Waals surface area contributed by atoms with Crippen LogP contribution in [0.15, 0.2) is 42.6 Å². The second-order valence-corrected chi connectivity index (χ2v) is 3.55. The number of aliphatic hydroxyl groups is 1. The molecule has 0 unspecified atom stereocenters. The van der Waals surface area contributed by atoms with Crippen molar-refractivity contribution in [1.82, 2.24) is 4.98 Å². The fourth-order valence-corrected chi connectivity index (χ4v) is 1.67. The van der Waals surface area contributed by atoms with E-state index in [1.54, 1.807) is 12.3 Å². The summed E-state index contributed by atoms with van der Waals surface area (Å²) in [6.45, 7) is -0.100. The number of halogens is 1. The minimum absolute atomic E-state index is 0.100. The molecule has 0 aliphatic carbocycles. The van der Waals surface area contributed by atoms with Crippen molar-refractivity contribution >= 4 is 11.6 Å². The third-order valence-corrected chi connectivity index (χ3v) is 2.56. The zero-order valence-electron chi connectivity index (χ0n) is 8.02. The first-order valence-corrected chi connectivity index (χ1v) is 5.00. The number of benzene rings is 1. The second-order valence-electron chi connectivity index (χ2n) is 3.14. The molecule has 1 heterocycles. The van der Waals surface area contributed by atoms with Crippen molar-refractivity contribution in [3.05, 3.63) is 53.2 Å². The van der Waals surface area contributed by atoms with Crippen molar-refractivity contribution in [1.29, 1.82) is 0 Å². The summed E-state index contributed by atoms with van der Waals surface area (Å²) in [6.07, 6.45) is 1.64. The van der Waals surface area contributed by atoms with E-state index in [9.17, 15) is 5.11 Å². The lowest BCUT2D eigenvalue weighted by atomic mass is 10.1. The summed E-state index contributed by atoms with van der Waals surface area (Å²) in [5.41, 5.74) is 2.38. The van der Waals surface area contributed by atoms with Gasteiger partial charge in [0, 0.05) is 22.3 Å². The van der Waals surface area contributed by atoms with E-state index in [4.69, 9.17) is 11.6 Å². The summed E-state index contributed by atoms with van der Waals surface area (Å²) in [5, 5.41) is 9.78. The Bertz CT molecular complexity index is 456. The first-order chi connectivity index (χ1) is 7.33. The largest absolute Gasteiger partial charge is 0.392 e. The van der Waals surface area contributed by atoms with Crippen LogP contribution >= 0.6 is 11.6 Å². The average molecular weight is 220 g/mol. The van der Waals surface area contributed by atoms with Crippen LogP contribution in [-0.2, 0) is 6.61 Å². The molecule has 2 aromatic rings. The molecule has 0 aliphatic rings. The molecular weight excluding hydrogens is 210 g/mol. The van der Waals surface area contributed by atoms with Gasteiger partial charge in [0.25, 0.3) is 0 Å². The molecule has 0 spiro atoms. The quantitative estimate of drug-likeness (QED) is 0.843. The molecule has 2 rings (SSSR count). The van der Waals surface area contributed by atoms with E-state index >= 15 is 0 Å². The highest BCUT2D eigenvalue weighted by molar-refractivity contribution is 6.31. The van der Waals surface area contributed by atoms with Crippen molar-refractivity contribution in [2.24, 2.45) is 0 Å². The molecule has 15 heavy (non-hydrogen) atoms. The highest BCUT2D eigenvalue weighted by atomic mass is 35.5. The van der Waals surface area contributed by atoms with Gasteiger partial charge in [0.2, 0.25) is 0 Å². The Morgan fingerprint density at radius 2 is 1.87 bits per heavy atom. The number of rotatable bonds is 2. The fraction of sp³-hybridized carbons (Fsp3) is 0.0833. The maximum atomic E-state index is 9.24. The molecule has 0 saturated carbocycles. The van der Waals surface area contributed by atoms with Crippen LogP contribution in [0.1, 0.15) is 5.56 Å². The third-order valence-electron chi connectivity index (χ3n) is 2.20. The van der Waals surface area contributed by atoms with Gasteiger partial charge in [-0.1, -0.05) is 41.9 Å². The Hall–Kier alpha value is -1.38. The molecule has 0 atom stereocenters. The van der Waals surface area contributed by atoms with Crippen LogP contribution in [0.25, 0.3) is 11.3 Å². The Balaban J connectivity index is 2.58. The minimum atomic E-state index is -0.100. The minimum Gasteiger partial charge on any atom is -0.392 e. The molecule has 1 aromatic carbocycles. The first-order valence-electron chi connectivity index (χ1n) is 4.62. The highest BCUT2D eigenvalue weighted by Crippen LogP contribution is 2.26. The number of aromatic nitrogens is 1. The molecule has 0 fully saturated rings. The van der Waals surface area contributed by atoms with Crippen LogP contribution < -0.4 is 0 Å². The van der Waals surface area contributed by atoms with Crippen molar-refractivity contribution < 1.29 is 5.11 Å². The lowest BCUT2D eigenvalue weighted by molar-refractivity contribution is 0.282. The number of pyridine rings is 1. The van der Waals surface area contributed by atoms with Crippen molar-refractivity contribution in [3.63, 3.8) is 0 Å². The summed E-state index contributed by atoms with van der Waals surface area (Å²) in [4.78, 5) is 4.24. The van der Waals surface area contributed by atoms with E-state index in [0.717, 1.165) is 11.3 Å². The van der Waals surface area contributed by atoms with Gasteiger partial charge >= 0.3 is 0 Å². The van der Waals surface area contributed by atoms with Crippen molar-refractivity contribution in [2.45, 2.75) is 6.61 Å². The number of nitrogens with zero attached hydrogens (tertiary/aromatic N) is 1. The zero-order valence-corrected chi connectivity index (χ0v) is 8.78.